The van der Waals surface area contributed by atoms with Gasteiger partial charge < -0.3 is 29.4 Å². The van der Waals surface area contributed by atoms with Gasteiger partial charge in [-0.1, -0.05) is 13.3 Å². The summed E-state index contributed by atoms with van der Waals surface area (Å²) >= 11 is 5.65. The number of thiocarbonyl (C=S) groups is 1. The summed E-state index contributed by atoms with van der Waals surface area (Å²) in [5.74, 6) is 1.37. The Balaban J connectivity index is 1.57. The summed E-state index contributed by atoms with van der Waals surface area (Å²) in [7, 11) is 0. The normalized spacial score (nSPS) is 17.8. The molecule has 0 amide bonds. The molecule has 0 bridgehead atoms. The summed E-state index contributed by atoms with van der Waals surface area (Å²) in [6, 6.07) is 5.67. The van der Waals surface area contributed by atoms with Gasteiger partial charge in [-0.25, -0.2) is 0 Å². The zero-order chi connectivity index (χ0) is 20.9. The number of H-pyrrole nitrogens is 1. The monoisotopic (exact) mass is 431 g/mol. The highest BCUT2D eigenvalue weighted by atomic mass is 32.1. The molecule has 4 rings (SSSR count). The molecule has 0 radical (unpaired) electrons. The number of nitrogens with zero attached hydrogens (tertiary/aromatic N) is 1. The van der Waals surface area contributed by atoms with Crippen LogP contribution in [0.4, 0.5) is 0 Å². The lowest BCUT2D eigenvalue weighted by Crippen LogP contribution is -2.44. The van der Waals surface area contributed by atoms with Crippen LogP contribution in [0.3, 0.4) is 0 Å². The van der Waals surface area contributed by atoms with Crippen LogP contribution >= 0.6 is 12.2 Å². The van der Waals surface area contributed by atoms with Crippen LogP contribution in [0, 0.1) is 0 Å². The van der Waals surface area contributed by atoms with Gasteiger partial charge in [0.2, 0.25) is 0 Å². The van der Waals surface area contributed by atoms with Gasteiger partial charge in [0.05, 0.1) is 18.2 Å². The lowest BCUT2D eigenvalue weighted by atomic mass is 10.1. The van der Waals surface area contributed by atoms with E-state index in [-0.39, 0.29) is 11.7 Å². The van der Waals surface area contributed by atoms with Crippen LogP contribution in [0.15, 0.2) is 23.0 Å². The number of pyridine rings is 1. The van der Waals surface area contributed by atoms with E-state index in [0.717, 1.165) is 49.7 Å². The van der Waals surface area contributed by atoms with Crippen molar-refractivity contribution in [2.75, 3.05) is 32.9 Å². The van der Waals surface area contributed by atoms with E-state index in [9.17, 15) is 4.79 Å². The minimum Gasteiger partial charge on any atom is -0.486 e. The van der Waals surface area contributed by atoms with Crippen molar-refractivity contribution in [1.29, 1.82) is 0 Å². The fraction of sp³-hybridized carbons (Fsp3) is 0.545. The van der Waals surface area contributed by atoms with Gasteiger partial charge in [-0.15, -0.1) is 0 Å². The molecule has 0 spiro atoms. The Hall–Kier alpha value is -2.32. The van der Waals surface area contributed by atoms with Gasteiger partial charge in [0.25, 0.3) is 5.56 Å². The molecule has 3 heterocycles. The minimum absolute atomic E-state index is 0.118. The molecule has 0 saturated carbocycles. The van der Waals surface area contributed by atoms with Crippen LogP contribution in [0.2, 0.25) is 0 Å². The molecule has 30 heavy (non-hydrogen) atoms. The Morgan fingerprint density at radius 3 is 2.77 bits per heavy atom. The highest BCUT2D eigenvalue weighted by Gasteiger charge is 2.22. The van der Waals surface area contributed by atoms with Crippen molar-refractivity contribution in [2.45, 2.75) is 45.3 Å². The van der Waals surface area contributed by atoms with E-state index < -0.39 is 0 Å². The molecule has 162 valence electrons. The molecular formula is C22H29N3O4S. The summed E-state index contributed by atoms with van der Waals surface area (Å²) in [5.41, 5.74) is 1.28. The Bertz CT molecular complexity index is 955. The molecule has 2 aliphatic rings. The van der Waals surface area contributed by atoms with E-state index in [0.29, 0.717) is 48.5 Å². The minimum atomic E-state index is -0.118. The number of hydrogen-bond donors (Lipinski definition) is 2. The van der Waals surface area contributed by atoms with Crippen LogP contribution in [0.5, 0.6) is 11.5 Å². The van der Waals surface area contributed by atoms with Crippen LogP contribution in [0.25, 0.3) is 10.9 Å². The summed E-state index contributed by atoms with van der Waals surface area (Å²) in [6.45, 7) is 5.92. The van der Waals surface area contributed by atoms with Crippen molar-refractivity contribution in [2.24, 2.45) is 0 Å². The third-order valence-corrected chi connectivity index (χ3v) is 5.89. The number of hydrogen-bond acceptors (Lipinski definition) is 5. The van der Waals surface area contributed by atoms with Crippen LogP contribution in [-0.4, -0.2) is 54.0 Å². The number of aromatic amines is 1. The van der Waals surface area contributed by atoms with Crippen molar-refractivity contribution in [3.8, 4) is 11.5 Å². The predicted molar refractivity (Wildman–Crippen MR) is 120 cm³/mol. The third-order valence-electron chi connectivity index (χ3n) is 5.49. The highest BCUT2D eigenvalue weighted by Crippen LogP contribution is 2.33. The number of unbranched alkanes of at least 4 members (excludes halogenated alkanes) is 1. The van der Waals surface area contributed by atoms with Gasteiger partial charge in [0.15, 0.2) is 16.6 Å². The molecule has 2 aromatic rings. The average molecular weight is 432 g/mol. The van der Waals surface area contributed by atoms with E-state index in [1.54, 1.807) is 0 Å². The second-order valence-electron chi connectivity index (χ2n) is 7.81. The lowest BCUT2D eigenvalue weighted by molar-refractivity contribution is 0.0897. The van der Waals surface area contributed by atoms with Crippen molar-refractivity contribution >= 4 is 28.2 Å². The van der Waals surface area contributed by atoms with Crippen molar-refractivity contribution in [3.05, 3.63) is 34.1 Å². The first-order valence-electron chi connectivity index (χ1n) is 10.7. The van der Waals surface area contributed by atoms with Crippen molar-refractivity contribution < 1.29 is 14.2 Å². The van der Waals surface area contributed by atoms with E-state index in [2.05, 4.69) is 22.1 Å². The second kappa shape index (κ2) is 9.66. The maximum Gasteiger partial charge on any atom is 0.253 e. The molecule has 1 aromatic heterocycles. The SMILES string of the molecule is CCCCNC(=S)N(Cc1cc2cc3c(cc2[nH]c1=O)OCCO3)C[C@@H]1CCCO1. The zero-order valence-corrected chi connectivity index (χ0v) is 18.2. The fourth-order valence-electron chi connectivity index (χ4n) is 3.85. The number of fused-ring (bicyclic) bond motifs is 2. The lowest BCUT2D eigenvalue weighted by Gasteiger charge is -2.28. The first-order chi connectivity index (χ1) is 14.6. The maximum atomic E-state index is 12.8. The van der Waals surface area contributed by atoms with Gasteiger partial charge in [-0.3, -0.25) is 4.79 Å². The molecule has 1 saturated heterocycles. The standard InChI is InChI=1S/C22H29N3O4S/c1-2-3-6-23-22(30)25(14-17-5-4-7-27-17)13-16-10-15-11-19-20(29-9-8-28-19)12-18(15)24-21(16)26/h10-12,17H,2-9,13-14H2,1H3,(H,23,30)(H,24,26)/t17-/m0/s1. The summed E-state index contributed by atoms with van der Waals surface area (Å²) in [4.78, 5) is 17.8. The zero-order valence-electron chi connectivity index (χ0n) is 17.4. The van der Waals surface area contributed by atoms with Gasteiger partial charge in [-0.05, 0) is 43.6 Å². The van der Waals surface area contributed by atoms with E-state index in [4.69, 9.17) is 26.4 Å². The predicted octanol–water partition coefficient (Wildman–Crippen LogP) is 2.95. The summed E-state index contributed by atoms with van der Waals surface area (Å²) in [5, 5.41) is 4.91. The van der Waals surface area contributed by atoms with Gasteiger partial charge in [-0.2, -0.15) is 0 Å². The molecule has 2 aliphatic heterocycles. The second-order valence-corrected chi connectivity index (χ2v) is 8.19. The number of benzene rings is 1. The van der Waals surface area contributed by atoms with E-state index in [1.807, 2.05) is 18.2 Å². The van der Waals surface area contributed by atoms with Gasteiger partial charge in [0, 0.05) is 36.7 Å². The summed E-state index contributed by atoms with van der Waals surface area (Å²) < 4.78 is 17.1. The van der Waals surface area contributed by atoms with Crippen LogP contribution in [0.1, 0.15) is 38.2 Å². The third kappa shape index (κ3) is 4.87. The van der Waals surface area contributed by atoms with Gasteiger partial charge in [0.1, 0.15) is 13.2 Å². The Morgan fingerprint density at radius 2 is 2.03 bits per heavy atom. The number of rotatable bonds is 7. The summed E-state index contributed by atoms with van der Waals surface area (Å²) in [6.07, 6.45) is 4.39. The molecule has 0 unspecified atom stereocenters. The molecule has 1 aromatic carbocycles. The first kappa shape index (κ1) is 20.9. The van der Waals surface area contributed by atoms with Crippen molar-refractivity contribution in [1.82, 2.24) is 15.2 Å². The number of ether oxygens (including phenoxy) is 3. The maximum absolute atomic E-state index is 12.8. The largest absolute Gasteiger partial charge is 0.486 e. The molecule has 0 aliphatic carbocycles. The fourth-order valence-corrected chi connectivity index (χ4v) is 4.09. The average Bonchev–Trinajstić information content (AvgIpc) is 3.25. The first-order valence-corrected chi connectivity index (χ1v) is 11.1. The highest BCUT2D eigenvalue weighted by molar-refractivity contribution is 7.80. The molecule has 2 N–H and O–H groups in total. The molecule has 1 fully saturated rings. The Labute approximate surface area is 181 Å². The smallest absolute Gasteiger partial charge is 0.253 e. The molecule has 7 nitrogen and oxygen atoms in total. The molecule has 8 heteroatoms. The number of aromatic nitrogens is 1. The van der Waals surface area contributed by atoms with Gasteiger partial charge >= 0.3 is 0 Å². The Kier molecular flexibility index (Phi) is 6.74. The van der Waals surface area contributed by atoms with Crippen LogP contribution < -0.4 is 20.3 Å². The van der Waals surface area contributed by atoms with Crippen molar-refractivity contribution in [3.63, 3.8) is 0 Å². The van der Waals surface area contributed by atoms with Crippen LogP contribution in [-0.2, 0) is 11.3 Å². The molecular weight excluding hydrogens is 402 g/mol. The topological polar surface area (TPSA) is 75.8 Å². The number of nitrogens with one attached hydrogen (secondary N) is 2. The van der Waals surface area contributed by atoms with E-state index >= 15 is 0 Å². The quantitative estimate of drug-likeness (QED) is 0.516. The Morgan fingerprint density at radius 1 is 1.23 bits per heavy atom. The van der Waals surface area contributed by atoms with E-state index in [1.165, 1.54) is 0 Å². The molecule has 1 atom stereocenters.